The molecule has 0 atom stereocenters. The van der Waals surface area contributed by atoms with Crippen LogP contribution in [-0.2, 0) is 14.8 Å². The van der Waals surface area contributed by atoms with E-state index in [1.54, 1.807) is 19.1 Å². The highest BCUT2D eigenvalue weighted by Crippen LogP contribution is 2.26. The Bertz CT molecular complexity index is 1310. The van der Waals surface area contributed by atoms with Crippen molar-refractivity contribution in [2.75, 3.05) is 10.8 Å². The van der Waals surface area contributed by atoms with E-state index in [-0.39, 0.29) is 4.90 Å². The summed E-state index contributed by atoms with van der Waals surface area (Å²) in [6.45, 7) is 5.17. The lowest BCUT2D eigenvalue weighted by Crippen LogP contribution is -2.39. The van der Waals surface area contributed by atoms with E-state index >= 15 is 0 Å². The third kappa shape index (κ3) is 6.33. The number of sulfonamides is 1. The van der Waals surface area contributed by atoms with E-state index in [1.807, 2.05) is 44.2 Å². The van der Waals surface area contributed by atoms with Crippen LogP contribution in [0, 0.1) is 17.4 Å². The van der Waals surface area contributed by atoms with Crippen molar-refractivity contribution in [2.45, 2.75) is 25.7 Å². The quantitative estimate of drug-likeness (QED) is 0.229. The molecule has 0 saturated heterocycles. The van der Waals surface area contributed by atoms with Gasteiger partial charge in [-0.3, -0.25) is 9.10 Å². The van der Waals surface area contributed by atoms with Crippen LogP contribution in [0.4, 0.5) is 5.69 Å². The summed E-state index contributed by atoms with van der Waals surface area (Å²) in [4.78, 5) is 12.8. The van der Waals surface area contributed by atoms with Crippen LogP contribution in [0.5, 0.6) is 0 Å². The van der Waals surface area contributed by atoms with Crippen molar-refractivity contribution in [3.8, 4) is 0 Å². The maximum absolute atomic E-state index is 13.4. The van der Waals surface area contributed by atoms with Gasteiger partial charge in [0.05, 0.1) is 16.3 Å². The number of anilines is 1. The zero-order valence-electron chi connectivity index (χ0n) is 18.3. The molecule has 0 aromatic heterocycles. The monoisotopic (exact) mass is 595 g/mol. The van der Waals surface area contributed by atoms with Crippen LogP contribution < -0.4 is 9.73 Å². The molecule has 1 N–H and O–H groups in total. The van der Waals surface area contributed by atoms with E-state index in [4.69, 9.17) is 11.6 Å². The van der Waals surface area contributed by atoms with Gasteiger partial charge in [0.25, 0.3) is 15.9 Å². The van der Waals surface area contributed by atoms with Crippen molar-refractivity contribution in [1.82, 2.24) is 5.43 Å². The van der Waals surface area contributed by atoms with Crippen molar-refractivity contribution < 1.29 is 13.2 Å². The molecular weight excluding hydrogens is 573 g/mol. The number of benzene rings is 3. The predicted molar refractivity (Wildman–Crippen MR) is 141 cm³/mol. The first-order valence-electron chi connectivity index (χ1n) is 10.0. The van der Waals surface area contributed by atoms with Crippen LogP contribution in [0.2, 0.25) is 5.02 Å². The van der Waals surface area contributed by atoms with E-state index in [0.717, 1.165) is 24.6 Å². The minimum atomic E-state index is -4.03. The van der Waals surface area contributed by atoms with E-state index in [2.05, 4.69) is 33.1 Å². The molecule has 1 amide bonds. The number of rotatable bonds is 7. The average Bonchev–Trinajstić information content (AvgIpc) is 2.78. The van der Waals surface area contributed by atoms with Gasteiger partial charge in [-0.1, -0.05) is 29.8 Å². The Balaban J connectivity index is 1.91. The van der Waals surface area contributed by atoms with Gasteiger partial charge in [0.15, 0.2) is 0 Å². The zero-order valence-corrected chi connectivity index (χ0v) is 22.1. The molecule has 3 rings (SSSR count). The number of nitrogens with one attached hydrogen (secondary N) is 1. The van der Waals surface area contributed by atoms with Gasteiger partial charge in [-0.15, -0.1) is 0 Å². The van der Waals surface area contributed by atoms with Crippen LogP contribution in [-0.4, -0.2) is 26.6 Å². The molecule has 172 valence electrons. The predicted octanol–water partition coefficient (Wildman–Crippen LogP) is 5.30. The molecule has 3 aromatic rings. The average molecular weight is 596 g/mol. The van der Waals surface area contributed by atoms with E-state index in [9.17, 15) is 13.2 Å². The Hall–Kier alpha value is -2.43. The van der Waals surface area contributed by atoms with Gasteiger partial charge >= 0.3 is 0 Å². The lowest BCUT2D eigenvalue weighted by molar-refractivity contribution is -0.119. The van der Waals surface area contributed by atoms with Gasteiger partial charge in [0, 0.05) is 8.59 Å². The highest BCUT2D eigenvalue weighted by molar-refractivity contribution is 14.1. The summed E-state index contributed by atoms with van der Waals surface area (Å²) >= 11 is 8.12. The SMILES string of the molecule is C/C(=N/NC(=O)CN(c1ccc(C)c(C)c1)S(=O)(=O)c1ccc(Cl)cc1)c1cccc(I)c1. The minimum absolute atomic E-state index is 0.0384. The lowest BCUT2D eigenvalue weighted by Gasteiger charge is -2.24. The number of nitrogens with zero attached hydrogens (tertiary/aromatic N) is 2. The topological polar surface area (TPSA) is 78.8 Å². The Morgan fingerprint density at radius 3 is 2.36 bits per heavy atom. The normalized spacial score (nSPS) is 11.8. The first kappa shape index (κ1) is 25.2. The molecule has 0 bridgehead atoms. The fourth-order valence-corrected chi connectivity index (χ4v) is 5.10. The molecule has 9 heteroatoms. The van der Waals surface area contributed by atoms with Crippen molar-refractivity contribution in [1.29, 1.82) is 0 Å². The van der Waals surface area contributed by atoms with Gasteiger partial charge < -0.3 is 0 Å². The fourth-order valence-electron chi connectivity index (χ4n) is 3.02. The third-order valence-corrected chi connectivity index (χ3v) is 7.77. The molecule has 0 aliphatic heterocycles. The zero-order chi connectivity index (χ0) is 24.2. The van der Waals surface area contributed by atoms with E-state index in [0.29, 0.717) is 16.4 Å². The number of hydrogen-bond donors (Lipinski definition) is 1. The number of aryl methyl sites for hydroxylation is 2. The van der Waals surface area contributed by atoms with Gasteiger partial charge in [-0.25, -0.2) is 13.8 Å². The number of carbonyl (C=O) groups excluding carboxylic acids is 1. The minimum Gasteiger partial charge on any atom is -0.271 e. The molecule has 0 saturated carbocycles. The highest BCUT2D eigenvalue weighted by atomic mass is 127. The fraction of sp³-hybridized carbons (Fsp3) is 0.167. The Labute approximate surface area is 212 Å². The molecule has 0 fully saturated rings. The molecule has 6 nitrogen and oxygen atoms in total. The Morgan fingerprint density at radius 1 is 1.03 bits per heavy atom. The molecule has 0 radical (unpaired) electrons. The van der Waals surface area contributed by atoms with Crippen LogP contribution in [0.25, 0.3) is 0 Å². The van der Waals surface area contributed by atoms with Crippen LogP contribution in [0.3, 0.4) is 0 Å². The largest absolute Gasteiger partial charge is 0.271 e. The number of hydrazone groups is 1. The maximum Gasteiger partial charge on any atom is 0.264 e. The number of halogens is 2. The van der Waals surface area contributed by atoms with Crippen molar-refractivity contribution in [2.24, 2.45) is 5.10 Å². The van der Waals surface area contributed by atoms with E-state index in [1.165, 1.54) is 24.3 Å². The second-order valence-electron chi connectivity index (χ2n) is 7.48. The standard InChI is InChI=1S/C24H23ClIN3O3S/c1-16-7-10-22(13-17(16)2)29(33(31,32)23-11-8-20(25)9-12-23)15-24(30)28-27-18(3)19-5-4-6-21(26)14-19/h4-14H,15H2,1-3H3,(H,28,30)/b27-18-. The van der Waals surface area contributed by atoms with Gasteiger partial charge in [-0.2, -0.15) is 5.10 Å². The smallest absolute Gasteiger partial charge is 0.264 e. The molecule has 0 aliphatic carbocycles. The Morgan fingerprint density at radius 2 is 1.73 bits per heavy atom. The Kier molecular flexibility index (Phi) is 8.14. The third-order valence-electron chi connectivity index (χ3n) is 5.06. The number of carbonyl (C=O) groups is 1. The second kappa shape index (κ2) is 10.7. The van der Waals surface area contributed by atoms with Gasteiger partial charge in [0.2, 0.25) is 0 Å². The molecule has 0 unspecified atom stereocenters. The first-order valence-corrected chi connectivity index (χ1v) is 12.9. The van der Waals surface area contributed by atoms with Crippen molar-refractivity contribution >= 4 is 61.5 Å². The molecule has 0 spiro atoms. The summed E-state index contributed by atoms with van der Waals surface area (Å²) in [7, 11) is -4.03. The molecule has 0 heterocycles. The lowest BCUT2D eigenvalue weighted by atomic mass is 10.1. The summed E-state index contributed by atoms with van der Waals surface area (Å²) in [5.41, 5.74) is 6.28. The maximum atomic E-state index is 13.4. The summed E-state index contributed by atoms with van der Waals surface area (Å²) in [5.74, 6) is -0.559. The summed E-state index contributed by atoms with van der Waals surface area (Å²) in [6.07, 6.45) is 0. The van der Waals surface area contributed by atoms with Crippen LogP contribution in [0.15, 0.2) is 76.7 Å². The molecular formula is C24H23ClIN3O3S. The summed E-state index contributed by atoms with van der Waals surface area (Å²) in [5, 5.41) is 4.58. The summed E-state index contributed by atoms with van der Waals surface area (Å²) in [6, 6.07) is 18.8. The number of amides is 1. The van der Waals surface area contributed by atoms with Crippen molar-refractivity contribution in [3.63, 3.8) is 0 Å². The van der Waals surface area contributed by atoms with Crippen molar-refractivity contribution in [3.05, 3.63) is 92.0 Å². The molecule has 3 aromatic carbocycles. The van der Waals surface area contributed by atoms with Gasteiger partial charge in [0.1, 0.15) is 6.54 Å². The van der Waals surface area contributed by atoms with E-state index < -0.39 is 22.5 Å². The number of hydrogen-bond acceptors (Lipinski definition) is 4. The summed E-state index contributed by atoms with van der Waals surface area (Å²) < 4.78 is 29.0. The molecule has 33 heavy (non-hydrogen) atoms. The first-order chi connectivity index (χ1) is 15.6. The molecule has 0 aliphatic rings. The van der Waals surface area contributed by atoms with Crippen LogP contribution >= 0.6 is 34.2 Å². The van der Waals surface area contributed by atoms with Gasteiger partial charge in [-0.05, 0) is 109 Å². The highest BCUT2D eigenvalue weighted by Gasteiger charge is 2.27. The second-order valence-corrected chi connectivity index (χ2v) is 11.0. The van der Waals surface area contributed by atoms with Crippen LogP contribution in [0.1, 0.15) is 23.6 Å².